The topological polar surface area (TPSA) is 152 Å². The molecule has 0 radical (unpaired) electrons. The first-order chi connectivity index (χ1) is 16.0. The van der Waals surface area contributed by atoms with Gasteiger partial charge in [0.15, 0.2) is 11.5 Å². The van der Waals surface area contributed by atoms with Gasteiger partial charge in [-0.2, -0.15) is 4.98 Å². The highest BCUT2D eigenvalue weighted by Crippen LogP contribution is 2.29. The van der Waals surface area contributed by atoms with Gasteiger partial charge in [-0.25, -0.2) is 4.68 Å². The molecule has 2 aromatic heterocycles. The van der Waals surface area contributed by atoms with Crippen molar-refractivity contribution in [3.8, 4) is 40.2 Å². The first kappa shape index (κ1) is 21.6. The molecule has 0 aliphatic rings. The van der Waals surface area contributed by atoms with Crippen LogP contribution in [0.2, 0.25) is 0 Å². The molecule has 12 nitrogen and oxygen atoms in total. The number of anilines is 2. The number of rotatable bonds is 8. The van der Waals surface area contributed by atoms with E-state index in [-0.39, 0.29) is 29.9 Å². The summed E-state index contributed by atoms with van der Waals surface area (Å²) in [5, 5.41) is 14.6. The smallest absolute Gasteiger partial charge is 0.282 e. The monoisotopic (exact) mass is 451 g/mol. The third-order valence-electron chi connectivity index (χ3n) is 4.73. The van der Waals surface area contributed by atoms with Crippen molar-refractivity contribution in [2.75, 3.05) is 32.4 Å². The maximum atomic E-state index is 12.5. The average Bonchev–Trinajstić information content (AvgIpc) is 3.46. The molecule has 170 valence electrons. The lowest BCUT2D eigenvalue weighted by atomic mass is 10.2. The van der Waals surface area contributed by atoms with E-state index in [2.05, 4.69) is 25.8 Å². The van der Waals surface area contributed by atoms with Gasteiger partial charge in [-0.05, 0) is 36.4 Å². The van der Waals surface area contributed by atoms with E-state index in [1.165, 1.54) is 11.8 Å². The van der Waals surface area contributed by atoms with Crippen LogP contribution in [-0.4, -0.2) is 52.4 Å². The molecular weight excluding hydrogens is 430 g/mol. The number of ether oxygens (including phenoxy) is 3. The minimum absolute atomic E-state index is 0.0850. The molecule has 0 aliphatic carbocycles. The van der Waals surface area contributed by atoms with E-state index in [1.807, 2.05) is 0 Å². The largest absolute Gasteiger partial charge is 0.497 e. The third kappa shape index (κ3) is 4.54. The molecule has 0 atom stereocenters. The number of nitrogens with two attached hydrogens (primary N) is 1. The van der Waals surface area contributed by atoms with Crippen LogP contribution >= 0.6 is 0 Å². The van der Waals surface area contributed by atoms with Gasteiger partial charge in [0.25, 0.3) is 5.89 Å². The van der Waals surface area contributed by atoms with Crippen LogP contribution in [0.25, 0.3) is 23.0 Å². The Labute approximate surface area is 188 Å². The fourth-order valence-electron chi connectivity index (χ4n) is 2.99. The molecule has 33 heavy (non-hydrogen) atoms. The van der Waals surface area contributed by atoms with Crippen LogP contribution in [0, 0.1) is 0 Å². The van der Waals surface area contributed by atoms with E-state index >= 15 is 0 Å². The normalized spacial score (nSPS) is 10.6. The Kier molecular flexibility index (Phi) is 6.06. The molecule has 0 unspecified atom stereocenters. The van der Waals surface area contributed by atoms with E-state index in [0.29, 0.717) is 28.8 Å². The molecule has 0 fully saturated rings. The van der Waals surface area contributed by atoms with Crippen molar-refractivity contribution in [2.45, 2.75) is 6.54 Å². The van der Waals surface area contributed by atoms with Gasteiger partial charge >= 0.3 is 0 Å². The van der Waals surface area contributed by atoms with Gasteiger partial charge in [0, 0.05) is 11.6 Å². The molecule has 4 rings (SSSR count). The van der Waals surface area contributed by atoms with Crippen LogP contribution in [0.4, 0.5) is 11.5 Å². The summed E-state index contributed by atoms with van der Waals surface area (Å²) in [6, 6.07) is 12.2. The van der Waals surface area contributed by atoms with Crippen molar-refractivity contribution in [3.05, 3.63) is 42.5 Å². The molecule has 3 N–H and O–H groups in total. The fraction of sp³-hybridized carbons (Fsp3) is 0.190. The minimum Gasteiger partial charge on any atom is -0.497 e. The Morgan fingerprint density at radius 1 is 1.06 bits per heavy atom. The number of nitrogens with one attached hydrogen (secondary N) is 1. The van der Waals surface area contributed by atoms with Crippen molar-refractivity contribution < 1.29 is 23.5 Å². The average molecular weight is 451 g/mol. The van der Waals surface area contributed by atoms with Gasteiger partial charge in [-0.15, -0.1) is 5.10 Å². The maximum absolute atomic E-state index is 12.5. The number of amides is 1. The standard InChI is InChI=1S/C21H21N7O5/c1-30-13-6-4-12(5-7-13)20-24-21(33-26-20)18-19(22)28(27-25-18)11-17(29)23-15-9-8-14(31-2)10-16(15)32-3/h4-10H,11,22H2,1-3H3,(H,23,29). The summed E-state index contributed by atoms with van der Waals surface area (Å²) >= 11 is 0. The zero-order valence-electron chi connectivity index (χ0n) is 18.1. The molecule has 2 heterocycles. The summed E-state index contributed by atoms with van der Waals surface area (Å²) in [6.45, 7) is -0.187. The summed E-state index contributed by atoms with van der Waals surface area (Å²) in [5.74, 6) is 1.92. The number of hydrogen-bond donors (Lipinski definition) is 2. The van der Waals surface area contributed by atoms with E-state index in [1.54, 1.807) is 56.7 Å². The van der Waals surface area contributed by atoms with Crippen molar-refractivity contribution >= 4 is 17.4 Å². The molecule has 0 spiro atoms. The molecule has 12 heteroatoms. The second kappa shape index (κ2) is 9.26. The van der Waals surface area contributed by atoms with Crippen LogP contribution in [0.3, 0.4) is 0 Å². The molecule has 0 bridgehead atoms. The molecular formula is C21H21N7O5. The minimum atomic E-state index is -0.383. The molecule has 4 aromatic rings. The van der Waals surface area contributed by atoms with Crippen LogP contribution in [0.1, 0.15) is 0 Å². The lowest BCUT2D eigenvalue weighted by Crippen LogP contribution is -2.21. The molecule has 1 amide bonds. The van der Waals surface area contributed by atoms with Crippen molar-refractivity contribution in [3.63, 3.8) is 0 Å². The van der Waals surface area contributed by atoms with Crippen LogP contribution in [0.15, 0.2) is 47.0 Å². The first-order valence-electron chi connectivity index (χ1n) is 9.71. The lowest BCUT2D eigenvalue weighted by Gasteiger charge is -2.11. The molecule has 0 aliphatic heterocycles. The second-order valence-electron chi connectivity index (χ2n) is 6.75. The highest BCUT2D eigenvalue weighted by Gasteiger charge is 2.20. The zero-order valence-corrected chi connectivity index (χ0v) is 18.1. The Morgan fingerprint density at radius 3 is 2.48 bits per heavy atom. The van der Waals surface area contributed by atoms with E-state index in [9.17, 15) is 4.79 Å². The SMILES string of the molecule is COc1ccc(-c2noc(-c3nnn(CC(=O)Nc4ccc(OC)cc4OC)c3N)n2)cc1. The fourth-order valence-corrected chi connectivity index (χ4v) is 2.99. The zero-order chi connectivity index (χ0) is 23.4. The Bertz CT molecular complexity index is 1270. The van der Waals surface area contributed by atoms with Gasteiger partial charge in [0.1, 0.15) is 23.8 Å². The van der Waals surface area contributed by atoms with Gasteiger partial charge in [-0.1, -0.05) is 10.4 Å². The highest BCUT2D eigenvalue weighted by molar-refractivity contribution is 5.92. The van der Waals surface area contributed by atoms with Gasteiger partial charge in [-0.3, -0.25) is 4.79 Å². The molecule has 2 aromatic carbocycles. The number of methoxy groups -OCH3 is 3. The van der Waals surface area contributed by atoms with Crippen molar-refractivity contribution in [2.24, 2.45) is 0 Å². The predicted molar refractivity (Wildman–Crippen MR) is 118 cm³/mol. The second-order valence-corrected chi connectivity index (χ2v) is 6.75. The number of benzene rings is 2. The summed E-state index contributed by atoms with van der Waals surface area (Å²) < 4.78 is 22.1. The summed E-state index contributed by atoms with van der Waals surface area (Å²) in [4.78, 5) is 16.9. The molecule has 0 saturated heterocycles. The van der Waals surface area contributed by atoms with E-state index < -0.39 is 0 Å². The van der Waals surface area contributed by atoms with Crippen molar-refractivity contribution in [1.82, 2.24) is 25.1 Å². The first-order valence-corrected chi connectivity index (χ1v) is 9.71. The number of carbonyl (C=O) groups excluding carboxylic acids is 1. The summed E-state index contributed by atoms with van der Waals surface area (Å²) in [7, 11) is 4.62. The van der Waals surface area contributed by atoms with Gasteiger partial charge < -0.3 is 29.8 Å². The maximum Gasteiger partial charge on any atom is 0.282 e. The van der Waals surface area contributed by atoms with Gasteiger partial charge in [0.05, 0.1) is 27.0 Å². The van der Waals surface area contributed by atoms with Crippen LogP contribution < -0.4 is 25.3 Å². The third-order valence-corrected chi connectivity index (χ3v) is 4.73. The number of nitrogen functional groups attached to an aromatic ring is 1. The van der Waals surface area contributed by atoms with Gasteiger partial charge in [0.2, 0.25) is 11.7 Å². The predicted octanol–water partition coefficient (Wildman–Crippen LogP) is 2.24. The van der Waals surface area contributed by atoms with E-state index in [0.717, 1.165) is 5.56 Å². The molecule has 0 saturated carbocycles. The van der Waals surface area contributed by atoms with Crippen molar-refractivity contribution in [1.29, 1.82) is 0 Å². The van der Waals surface area contributed by atoms with Crippen LogP contribution in [-0.2, 0) is 11.3 Å². The Hall–Kier alpha value is -4.61. The number of aromatic nitrogens is 5. The quantitative estimate of drug-likeness (QED) is 0.408. The Morgan fingerprint density at radius 2 is 1.79 bits per heavy atom. The van der Waals surface area contributed by atoms with E-state index in [4.69, 9.17) is 24.5 Å². The Balaban J connectivity index is 1.48. The lowest BCUT2D eigenvalue weighted by molar-refractivity contribution is -0.116. The summed E-state index contributed by atoms with van der Waals surface area (Å²) in [5.41, 5.74) is 7.51. The highest BCUT2D eigenvalue weighted by atomic mass is 16.5. The number of nitrogens with zero attached hydrogens (tertiary/aromatic N) is 5. The summed E-state index contributed by atoms with van der Waals surface area (Å²) in [6.07, 6.45) is 0. The number of hydrogen-bond acceptors (Lipinski definition) is 10. The van der Waals surface area contributed by atoms with Crippen LogP contribution in [0.5, 0.6) is 17.2 Å². The number of carbonyl (C=O) groups is 1.